The molecule has 0 bridgehead atoms. The van der Waals surface area contributed by atoms with E-state index in [2.05, 4.69) is 20.9 Å². The minimum atomic E-state index is -0.412. The van der Waals surface area contributed by atoms with Crippen molar-refractivity contribution in [3.63, 3.8) is 0 Å². The first-order valence-corrected chi connectivity index (χ1v) is 6.43. The van der Waals surface area contributed by atoms with Gasteiger partial charge in [0.25, 0.3) is 0 Å². The smallest absolute Gasteiger partial charge is 0.308 e. The van der Waals surface area contributed by atoms with Gasteiger partial charge in [0.2, 0.25) is 0 Å². The Kier molecular flexibility index (Phi) is 3.64. The van der Waals surface area contributed by atoms with Gasteiger partial charge < -0.3 is 4.74 Å². The van der Waals surface area contributed by atoms with E-state index in [4.69, 9.17) is 16.3 Å². The van der Waals surface area contributed by atoms with E-state index in [1.807, 2.05) is 18.2 Å². The van der Waals surface area contributed by atoms with Gasteiger partial charge in [0.05, 0.1) is 5.52 Å². The molecule has 0 atom stereocenters. The topological polar surface area (TPSA) is 39.2 Å². The van der Waals surface area contributed by atoms with Crippen LogP contribution in [0.1, 0.15) is 12.5 Å². The number of hydrogen-bond donors (Lipinski definition) is 0. The summed E-state index contributed by atoms with van der Waals surface area (Å²) in [7, 11) is 0. The first-order valence-electron chi connectivity index (χ1n) is 4.93. The number of benzene rings is 1. The Morgan fingerprint density at radius 3 is 2.88 bits per heavy atom. The number of alkyl halides is 1. The molecule has 0 spiro atoms. The third kappa shape index (κ3) is 2.76. The molecule has 0 aliphatic rings. The van der Waals surface area contributed by atoms with Crippen molar-refractivity contribution in [1.29, 1.82) is 0 Å². The minimum Gasteiger partial charge on any atom is -0.423 e. The lowest BCUT2D eigenvalue weighted by molar-refractivity contribution is -0.131. The van der Waals surface area contributed by atoms with Crippen molar-refractivity contribution < 1.29 is 9.53 Å². The van der Waals surface area contributed by atoms with Crippen LogP contribution in [0.3, 0.4) is 0 Å². The second-order valence-corrected chi connectivity index (χ2v) is 4.45. The zero-order valence-electron chi connectivity index (χ0n) is 9.04. The summed E-state index contributed by atoms with van der Waals surface area (Å²) in [5.74, 6) is -0.122. The fourth-order valence-corrected chi connectivity index (χ4v) is 2.03. The molecule has 0 amide bonds. The Hall–Kier alpha value is -1.13. The number of nitrogens with zero attached hydrogens (tertiary/aromatic N) is 1. The first-order chi connectivity index (χ1) is 8.10. The quantitative estimate of drug-likeness (QED) is 0.482. The van der Waals surface area contributed by atoms with Crippen LogP contribution < -0.4 is 4.74 Å². The highest BCUT2D eigenvalue weighted by atomic mass is 79.9. The normalized spacial score (nSPS) is 10.5. The lowest BCUT2D eigenvalue weighted by Crippen LogP contribution is -2.02. The third-order valence-corrected chi connectivity index (χ3v) is 3.13. The maximum Gasteiger partial charge on any atom is 0.308 e. The number of carbonyl (C=O) groups is 1. The van der Waals surface area contributed by atoms with Gasteiger partial charge in [-0.3, -0.25) is 4.79 Å². The van der Waals surface area contributed by atoms with Crippen molar-refractivity contribution in [2.24, 2.45) is 0 Å². The zero-order chi connectivity index (χ0) is 12.4. The van der Waals surface area contributed by atoms with Crippen LogP contribution in [0.5, 0.6) is 5.75 Å². The number of hydrogen-bond acceptors (Lipinski definition) is 3. The molecule has 0 unspecified atom stereocenters. The summed E-state index contributed by atoms with van der Waals surface area (Å²) in [4.78, 5) is 15.1. The molecule has 2 aromatic rings. The highest BCUT2D eigenvalue weighted by Gasteiger charge is 2.08. The summed E-state index contributed by atoms with van der Waals surface area (Å²) in [5, 5.41) is 1.84. The lowest BCUT2D eigenvalue weighted by Gasteiger charge is -2.06. The first kappa shape index (κ1) is 12.3. The molecule has 0 fully saturated rings. The summed E-state index contributed by atoms with van der Waals surface area (Å²) in [6.07, 6.45) is 0. The highest BCUT2D eigenvalue weighted by Crippen LogP contribution is 2.28. The van der Waals surface area contributed by atoms with Crippen LogP contribution in [0, 0.1) is 0 Å². The Labute approximate surface area is 112 Å². The molecule has 1 heterocycles. The molecule has 0 saturated carbocycles. The molecule has 0 aliphatic heterocycles. The Bertz CT molecular complexity index is 586. The maximum absolute atomic E-state index is 10.9. The van der Waals surface area contributed by atoms with Crippen LogP contribution in [0.15, 0.2) is 24.3 Å². The van der Waals surface area contributed by atoms with Crippen molar-refractivity contribution in [3.8, 4) is 5.75 Å². The van der Waals surface area contributed by atoms with Gasteiger partial charge in [0, 0.05) is 17.6 Å². The molecule has 88 valence electrons. The Morgan fingerprint density at radius 2 is 2.24 bits per heavy atom. The number of aromatic nitrogens is 1. The fraction of sp³-hybridized carbons (Fsp3) is 0.167. The van der Waals surface area contributed by atoms with E-state index in [0.29, 0.717) is 5.75 Å². The zero-order valence-corrected chi connectivity index (χ0v) is 11.4. The molecule has 0 N–H and O–H groups in total. The number of ether oxygens (including phenoxy) is 1. The number of fused-ring (bicyclic) bond motifs is 1. The van der Waals surface area contributed by atoms with Crippen molar-refractivity contribution in [1.82, 2.24) is 4.98 Å². The SMILES string of the molecule is CC(=O)Oc1cc2cc(CBr)ccc2nc1Cl. The number of esters is 1. The molecule has 5 heteroatoms. The second-order valence-electron chi connectivity index (χ2n) is 3.53. The van der Waals surface area contributed by atoms with Crippen LogP contribution in [-0.4, -0.2) is 11.0 Å². The number of rotatable bonds is 2. The lowest BCUT2D eigenvalue weighted by atomic mass is 10.1. The van der Waals surface area contributed by atoms with Gasteiger partial charge in [-0.15, -0.1) is 0 Å². The van der Waals surface area contributed by atoms with Crippen molar-refractivity contribution in [3.05, 3.63) is 35.0 Å². The molecule has 1 aromatic carbocycles. The van der Waals surface area contributed by atoms with Gasteiger partial charge >= 0.3 is 5.97 Å². The van der Waals surface area contributed by atoms with Crippen LogP contribution in [0.25, 0.3) is 10.9 Å². The van der Waals surface area contributed by atoms with E-state index in [-0.39, 0.29) is 5.15 Å². The summed E-state index contributed by atoms with van der Waals surface area (Å²) in [6.45, 7) is 1.33. The predicted octanol–water partition coefficient (Wildman–Crippen LogP) is 3.71. The van der Waals surface area contributed by atoms with Gasteiger partial charge in [-0.2, -0.15) is 0 Å². The molecule has 0 saturated heterocycles. The molecular weight excluding hydrogens is 305 g/mol. The average Bonchev–Trinajstić information content (AvgIpc) is 2.29. The van der Waals surface area contributed by atoms with E-state index in [9.17, 15) is 4.79 Å². The van der Waals surface area contributed by atoms with Crippen LogP contribution >= 0.6 is 27.5 Å². The van der Waals surface area contributed by atoms with Gasteiger partial charge in [-0.1, -0.05) is 33.6 Å². The molecule has 3 nitrogen and oxygen atoms in total. The fourth-order valence-electron chi connectivity index (χ4n) is 1.49. The molecule has 0 aliphatic carbocycles. The Balaban J connectivity index is 2.55. The molecule has 1 aromatic heterocycles. The van der Waals surface area contributed by atoms with Gasteiger partial charge in [0.15, 0.2) is 10.9 Å². The summed E-state index contributed by atoms with van der Waals surface area (Å²) >= 11 is 9.31. The largest absolute Gasteiger partial charge is 0.423 e. The van der Waals surface area contributed by atoms with Crippen LogP contribution in [-0.2, 0) is 10.1 Å². The molecular formula is C12H9BrClNO2. The van der Waals surface area contributed by atoms with E-state index in [1.165, 1.54) is 6.92 Å². The summed E-state index contributed by atoms with van der Waals surface area (Å²) in [5.41, 5.74) is 1.89. The Morgan fingerprint density at radius 1 is 1.47 bits per heavy atom. The number of carbonyl (C=O) groups excluding carboxylic acids is 1. The van der Waals surface area contributed by atoms with Gasteiger partial charge in [0.1, 0.15) is 0 Å². The maximum atomic E-state index is 10.9. The predicted molar refractivity (Wildman–Crippen MR) is 70.7 cm³/mol. The second kappa shape index (κ2) is 5.02. The van der Waals surface area contributed by atoms with E-state index >= 15 is 0 Å². The van der Waals surface area contributed by atoms with Crippen LogP contribution in [0.4, 0.5) is 0 Å². The molecule has 2 rings (SSSR count). The minimum absolute atomic E-state index is 0.194. The summed E-state index contributed by atoms with van der Waals surface area (Å²) in [6, 6.07) is 7.54. The van der Waals surface area contributed by atoms with Gasteiger partial charge in [-0.25, -0.2) is 4.98 Å². The van der Waals surface area contributed by atoms with Crippen molar-refractivity contribution in [2.75, 3.05) is 0 Å². The third-order valence-electron chi connectivity index (χ3n) is 2.21. The van der Waals surface area contributed by atoms with E-state index in [1.54, 1.807) is 6.07 Å². The molecule has 17 heavy (non-hydrogen) atoms. The van der Waals surface area contributed by atoms with E-state index in [0.717, 1.165) is 21.8 Å². The van der Waals surface area contributed by atoms with Crippen molar-refractivity contribution in [2.45, 2.75) is 12.3 Å². The standard InChI is InChI=1S/C12H9BrClNO2/c1-7(16)17-11-5-9-4-8(6-13)2-3-10(9)15-12(11)14/h2-5H,6H2,1H3. The van der Waals surface area contributed by atoms with Crippen molar-refractivity contribution >= 4 is 44.4 Å². The highest BCUT2D eigenvalue weighted by molar-refractivity contribution is 9.08. The molecule has 0 radical (unpaired) electrons. The summed E-state index contributed by atoms with van der Waals surface area (Å²) < 4.78 is 4.98. The van der Waals surface area contributed by atoms with Gasteiger partial charge in [-0.05, 0) is 23.8 Å². The average molecular weight is 315 g/mol. The monoisotopic (exact) mass is 313 g/mol. The number of pyridine rings is 1. The van der Waals surface area contributed by atoms with Crippen LogP contribution in [0.2, 0.25) is 5.15 Å². The van der Waals surface area contributed by atoms with E-state index < -0.39 is 5.97 Å². The number of halogens is 2.